The van der Waals surface area contributed by atoms with E-state index in [0.717, 1.165) is 24.1 Å². The fourth-order valence-electron chi connectivity index (χ4n) is 3.20. The standard InChI is InChI=1S/C25H26ClN7O2S/c1-3-5-11-35-16-6-7-18(26)17(12-16)19-13-20(32-23(31-19)21-14-27-9-10-28-21)22-15-30-25(36-22)33-24(34)29-8-4-2/h6-7,9-10,12-15H,3-5,8,11H2,1-2H3,(H2,29,30,33,34). The molecule has 36 heavy (non-hydrogen) atoms. The van der Waals surface area contributed by atoms with Crippen LogP contribution in [0.5, 0.6) is 5.75 Å². The van der Waals surface area contributed by atoms with Crippen LogP contribution in [0.3, 0.4) is 0 Å². The van der Waals surface area contributed by atoms with Gasteiger partial charge in [-0.2, -0.15) is 0 Å². The molecule has 0 spiro atoms. The summed E-state index contributed by atoms with van der Waals surface area (Å²) in [5, 5.41) is 6.52. The molecule has 0 bridgehead atoms. The molecule has 0 aliphatic heterocycles. The largest absolute Gasteiger partial charge is 0.494 e. The number of hydrogen-bond acceptors (Lipinski definition) is 8. The van der Waals surface area contributed by atoms with Crippen LogP contribution < -0.4 is 15.4 Å². The number of thiazole rings is 1. The van der Waals surface area contributed by atoms with Gasteiger partial charge in [-0.05, 0) is 37.1 Å². The van der Waals surface area contributed by atoms with Gasteiger partial charge in [-0.1, -0.05) is 43.2 Å². The van der Waals surface area contributed by atoms with Crippen molar-refractivity contribution in [3.05, 3.63) is 54.1 Å². The molecule has 186 valence electrons. The number of nitrogens with zero attached hydrogens (tertiary/aromatic N) is 5. The van der Waals surface area contributed by atoms with Crippen LogP contribution >= 0.6 is 22.9 Å². The number of hydrogen-bond donors (Lipinski definition) is 2. The molecular weight excluding hydrogens is 498 g/mol. The van der Waals surface area contributed by atoms with Crippen molar-refractivity contribution in [2.45, 2.75) is 33.1 Å². The van der Waals surface area contributed by atoms with Gasteiger partial charge in [-0.25, -0.2) is 24.7 Å². The summed E-state index contributed by atoms with van der Waals surface area (Å²) in [6.45, 7) is 5.32. The van der Waals surface area contributed by atoms with Crippen LogP contribution in [-0.2, 0) is 0 Å². The molecule has 0 saturated heterocycles. The lowest BCUT2D eigenvalue weighted by Gasteiger charge is -2.11. The Morgan fingerprint density at radius 3 is 2.67 bits per heavy atom. The van der Waals surface area contributed by atoms with Gasteiger partial charge in [0.05, 0.1) is 34.1 Å². The zero-order valence-corrected chi connectivity index (χ0v) is 21.6. The number of amides is 2. The molecule has 0 fully saturated rings. The predicted molar refractivity (Wildman–Crippen MR) is 142 cm³/mol. The van der Waals surface area contributed by atoms with E-state index in [9.17, 15) is 4.79 Å². The summed E-state index contributed by atoms with van der Waals surface area (Å²) in [4.78, 5) is 35.1. The van der Waals surface area contributed by atoms with Gasteiger partial charge in [0.25, 0.3) is 0 Å². The highest BCUT2D eigenvalue weighted by Crippen LogP contribution is 2.35. The third-order valence-corrected chi connectivity index (χ3v) is 6.28. The molecule has 3 heterocycles. The second-order valence-electron chi connectivity index (χ2n) is 7.81. The van der Waals surface area contributed by atoms with Gasteiger partial charge >= 0.3 is 6.03 Å². The predicted octanol–water partition coefficient (Wildman–Crippen LogP) is 6.09. The van der Waals surface area contributed by atoms with Crippen molar-refractivity contribution in [1.29, 1.82) is 0 Å². The van der Waals surface area contributed by atoms with Crippen molar-refractivity contribution in [2.24, 2.45) is 0 Å². The summed E-state index contributed by atoms with van der Waals surface area (Å²) in [6, 6.07) is 7.06. The summed E-state index contributed by atoms with van der Waals surface area (Å²) in [6.07, 6.45) is 9.30. The van der Waals surface area contributed by atoms with Gasteiger partial charge < -0.3 is 10.1 Å². The van der Waals surface area contributed by atoms with Gasteiger partial charge in [-0.3, -0.25) is 10.3 Å². The minimum atomic E-state index is -0.298. The molecule has 0 radical (unpaired) electrons. The highest BCUT2D eigenvalue weighted by atomic mass is 35.5. The number of unbranched alkanes of at least 4 members (excludes halogenated alkanes) is 1. The number of aromatic nitrogens is 5. The van der Waals surface area contributed by atoms with E-state index in [0.29, 0.717) is 57.5 Å². The molecule has 1 aromatic carbocycles. The Bertz CT molecular complexity index is 1320. The summed E-state index contributed by atoms with van der Waals surface area (Å²) in [5.74, 6) is 1.11. The maximum absolute atomic E-state index is 12.0. The van der Waals surface area contributed by atoms with Gasteiger partial charge in [0, 0.05) is 30.7 Å². The lowest BCUT2D eigenvalue weighted by atomic mass is 10.1. The van der Waals surface area contributed by atoms with E-state index < -0.39 is 0 Å². The lowest BCUT2D eigenvalue weighted by Crippen LogP contribution is -2.29. The van der Waals surface area contributed by atoms with Crippen molar-refractivity contribution in [3.63, 3.8) is 0 Å². The van der Waals surface area contributed by atoms with Gasteiger partial charge in [0.2, 0.25) is 0 Å². The topological polar surface area (TPSA) is 115 Å². The summed E-state index contributed by atoms with van der Waals surface area (Å²) in [5.41, 5.74) is 2.46. The van der Waals surface area contributed by atoms with Gasteiger partial charge in [-0.15, -0.1) is 0 Å². The quantitative estimate of drug-likeness (QED) is 0.242. The monoisotopic (exact) mass is 523 g/mol. The Labute approximate surface area is 218 Å². The zero-order valence-electron chi connectivity index (χ0n) is 20.0. The fraction of sp³-hybridized carbons (Fsp3) is 0.280. The number of rotatable bonds is 10. The molecule has 2 N–H and O–H groups in total. The minimum Gasteiger partial charge on any atom is -0.494 e. The zero-order chi connectivity index (χ0) is 25.3. The first-order valence-corrected chi connectivity index (χ1v) is 12.9. The third-order valence-electron chi connectivity index (χ3n) is 5.01. The van der Waals surface area contributed by atoms with Gasteiger partial charge in [0.1, 0.15) is 11.4 Å². The Hall–Kier alpha value is -3.63. The first-order valence-electron chi connectivity index (χ1n) is 11.7. The molecule has 4 aromatic rings. The number of anilines is 1. The highest BCUT2D eigenvalue weighted by Gasteiger charge is 2.16. The summed E-state index contributed by atoms with van der Waals surface area (Å²) >= 11 is 7.89. The minimum absolute atomic E-state index is 0.298. The molecular formula is C25H26ClN7O2S. The summed E-state index contributed by atoms with van der Waals surface area (Å²) < 4.78 is 5.88. The Morgan fingerprint density at radius 2 is 1.89 bits per heavy atom. The molecule has 9 nitrogen and oxygen atoms in total. The summed E-state index contributed by atoms with van der Waals surface area (Å²) in [7, 11) is 0. The van der Waals surface area contributed by atoms with Crippen LogP contribution in [0.1, 0.15) is 33.1 Å². The number of ether oxygens (including phenoxy) is 1. The number of carbonyl (C=O) groups is 1. The average molecular weight is 524 g/mol. The highest BCUT2D eigenvalue weighted by molar-refractivity contribution is 7.19. The van der Waals surface area contributed by atoms with E-state index >= 15 is 0 Å². The van der Waals surface area contributed by atoms with E-state index in [-0.39, 0.29) is 6.03 Å². The van der Waals surface area contributed by atoms with Crippen LogP contribution in [0.2, 0.25) is 5.02 Å². The third kappa shape index (κ3) is 6.52. The molecule has 0 aliphatic rings. The second kappa shape index (κ2) is 12.4. The number of carbonyl (C=O) groups excluding carboxylic acids is 1. The molecule has 0 unspecified atom stereocenters. The number of halogens is 1. The van der Waals surface area contributed by atoms with Gasteiger partial charge in [0.15, 0.2) is 11.0 Å². The van der Waals surface area contributed by atoms with Crippen molar-refractivity contribution >= 4 is 34.1 Å². The SMILES string of the molecule is CCCCOc1ccc(Cl)c(-c2cc(-c3cnc(NC(=O)NCCC)s3)nc(-c3cnccn3)n2)c1. The van der Waals surface area contributed by atoms with Crippen molar-refractivity contribution < 1.29 is 9.53 Å². The average Bonchev–Trinajstić information content (AvgIpc) is 3.37. The maximum Gasteiger partial charge on any atom is 0.321 e. The lowest BCUT2D eigenvalue weighted by molar-refractivity contribution is 0.252. The van der Waals surface area contributed by atoms with Crippen LogP contribution in [0.25, 0.3) is 33.3 Å². The van der Waals surface area contributed by atoms with E-state index in [2.05, 4.69) is 32.5 Å². The molecule has 0 saturated carbocycles. The Balaban J connectivity index is 1.72. The van der Waals surface area contributed by atoms with Crippen LogP contribution in [0.4, 0.5) is 9.93 Å². The molecule has 3 aromatic heterocycles. The molecule has 2 amide bonds. The molecule has 0 atom stereocenters. The fourth-order valence-corrected chi connectivity index (χ4v) is 4.18. The van der Waals surface area contributed by atoms with E-state index in [1.54, 1.807) is 30.9 Å². The van der Waals surface area contributed by atoms with E-state index in [1.165, 1.54) is 11.3 Å². The normalized spacial score (nSPS) is 10.8. The molecule has 11 heteroatoms. The van der Waals surface area contributed by atoms with Crippen molar-refractivity contribution in [1.82, 2.24) is 30.2 Å². The van der Waals surface area contributed by atoms with E-state index in [1.807, 2.05) is 25.1 Å². The first kappa shape index (κ1) is 25.5. The second-order valence-corrected chi connectivity index (χ2v) is 9.24. The first-order chi connectivity index (χ1) is 17.6. The molecule has 4 rings (SSSR count). The van der Waals surface area contributed by atoms with Crippen LogP contribution in [0.15, 0.2) is 49.1 Å². The number of benzene rings is 1. The van der Waals surface area contributed by atoms with Crippen LogP contribution in [-0.4, -0.2) is 44.1 Å². The number of nitrogens with one attached hydrogen (secondary N) is 2. The Morgan fingerprint density at radius 1 is 1.03 bits per heavy atom. The number of urea groups is 1. The Kier molecular flexibility index (Phi) is 8.75. The smallest absolute Gasteiger partial charge is 0.321 e. The van der Waals surface area contributed by atoms with Crippen molar-refractivity contribution in [3.8, 4) is 39.1 Å². The molecule has 0 aliphatic carbocycles. The van der Waals surface area contributed by atoms with Crippen molar-refractivity contribution in [2.75, 3.05) is 18.5 Å². The van der Waals surface area contributed by atoms with Crippen LogP contribution in [0, 0.1) is 0 Å². The maximum atomic E-state index is 12.0. The van der Waals surface area contributed by atoms with E-state index in [4.69, 9.17) is 26.3 Å².